The van der Waals surface area contributed by atoms with E-state index in [1.54, 1.807) is 30.3 Å². The van der Waals surface area contributed by atoms with Gasteiger partial charge in [-0.25, -0.2) is 13.9 Å². The predicted molar refractivity (Wildman–Crippen MR) is 106 cm³/mol. The van der Waals surface area contributed by atoms with Crippen molar-refractivity contribution in [2.45, 2.75) is 10.9 Å². The number of nitrogens with zero attached hydrogens (tertiary/aromatic N) is 1. The zero-order valence-electron chi connectivity index (χ0n) is 14.2. The van der Waals surface area contributed by atoms with E-state index in [-0.39, 0.29) is 22.9 Å². The average molecular weight is 487 g/mol. The lowest BCUT2D eigenvalue weighted by Gasteiger charge is -2.31. The van der Waals surface area contributed by atoms with Crippen LogP contribution >= 0.6 is 27.7 Å². The van der Waals surface area contributed by atoms with Gasteiger partial charge in [0.05, 0.1) is 0 Å². The highest BCUT2D eigenvalue weighted by molar-refractivity contribution is 9.10. The molecule has 1 amide bonds. The van der Waals surface area contributed by atoms with Gasteiger partial charge in [-0.1, -0.05) is 39.8 Å². The first kappa shape index (κ1) is 20.8. The predicted octanol–water partition coefficient (Wildman–Crippen LogP) is 2.38. The van der Waals surface area contributed by atoms with E-state index in [4.69, 9.17) is 9.94 Å². The Bertz CT molecular complexity index is 989. The lowest BCUT2D eigenvalue weighted by molar-refractivity contribution is -0.136. The smallest absolute Gasteiger partial charge is 0.270 e. The first-order valence-corrected chi connectivity index (χ1v) is 11.2. The number of sulfonamides is 1. The van der Waals surface area contributed by atoms with E-state index in [1.807, 2.05) is 0 Å². The largest absolute Gasteiger partial charge is 0.456 e. The molecule has 8 nitrogen and oxygen atoms in total. The molecule has 2 aromatic carbocycles. The molecule has 0 spiro atoms. The molecular weight excluding hydrogens is 472 g/mol. The fourth-order valence-electron chi connectivity index (χ4n) is 2.62. The second-order valence-corrected chi connectivity index (χ2v) is 9.54. The summed E-state index contributed by atoms with van der Waals surface area (Å²) >= 11 is 4.15. The average Bonchev–Trinajstić information content (AvgIpc) is 2.69. The Morgan fingerprint density at radius 3 is 2.57 bits per heavy atom. The number of rotatable bonds is 5. The summed E-state index contributed by atoms with van der Waals surface area (Å²) in [5.41, 5.74) is 1.36. The standard InChI is InChI=1S/C17H15BrN2O6S2/c18-11-5-7-12(8-6-11)26-13-3-1-2-4-14(13)28(24,25)20-9-10-27-17(22)15(20)16(21)19-23/h1-8,15,23H,9-10H2,(H,19,21). The maximum absolute atomic E-state index is 13.2. The molecule has 1 saturated heterocycles. The van der Waals surface area contributed by atoms with Crippen molar-refractivity contribution in [3.05, 3.63) is 53.0 Å². The molecule has 1 unspecified atom stereocenters. The van der Waals surface area contributed by atoms with Crippen molar-refractivity contribution in [2.24, 2.45) is 0 Å². The number of para-hydroxylation sites is 1. The highest BCUT2D eigenvalue weighted by Gasteiger charge is 2.44. The Hall–Kier alpha value is -1.92. The van der Waals surface area contributed by atoms with E-state index in [0.717, 1.165) is 20.5 Å². The third-order valence-electron chi connectivity index (χ3n) is 3.90. The molecule has 1 atom stereocenters. The first-order chi connectivity index (χ1) is 13.3. The molecule has 2 N–H and O–H groups in total. The zero-order valence-corrected chi connectivity index (χ0v) is 17.5. The summed E-state index contributed by atoms with van der Waals surface area (Å²) < 4.78 is 33.8. The van der Waals surface area contributed by atoms with Gasteiger partial charge in [0.1, 0.15) is 16.4 Å². The van der Waals surface area contributed by atoms with E-state index in [2.05, 4.69) is 15.9 Å². The summed E-state index contributed by atoms with van der Waals surface area (Å²) in [5.74, 6) is -0.435. The quantitative estimate of drug-likeness (QED) is 0.378. The van der Waals surface area contributed by atoms with Crippen molar-refractivity contribution in [3.63, 3.8) is 0 Å². The van der Waals surface area contributed by atoms with Gasteiger partial charge < -0.3 is 4.74 Å². The van der Waals surface area contributed by atoms with Gasteiger partial charge in [0.15, 0.2) is 6.04 Å². The van der Waals surface area contributed by atoms with Gasteiger partial charge in [0.25, 0.3) is 5.91 Å². The maximum Gasteiger partial charge on any atom is 0.270 e. The Morgan fingerprint density at radius 2 is 1.89 bits per heavy atom. The Labute approximate surface area is 174 Å². The topological polar surface area (TPSA) is 113 Å². The lowest BCUT2D eigenvalue weighted by atomic mass is 10.3. The second-order valence-electron chi connectivity index (χ2n) is 5.66. The Morgan fingerprint density at radius 1 is 1.21 bits per heavy atom. The number of carbonyl (C=O) groups is 2. The van der Waals surface area contributed by atoms with Crippen LogP contribution in [0, 0.1) is 0 Å². The van der Waals surface area contributed by atoms with Gasteiger partial charge in [0.2, 0.25) is 15.1 Å². The van der Waals surface area contributed by atoms with Crippen molar-refractivity contribution in [3.8, 4) is 11.5 Å². The number of thioether (sulfide) groups is 1. The van der Waals surface area contributed by atoms with Crippen LogP contribution in [-0.4, -0.2) is 47.3 Å². The molecule has 28 heavy (non-hydrogen) atoms. The van der Waals surface area contributed by atoms with E-state index in [9.17, 15) is 18.0 Å². The van der Waals surface area contributed by atoms with Crippen LogP contribution in [0.25, 0.3) is 0 Å². The molecule has 1 heterocycles. The van der Waals surface area contributed by atoms with Crippen molar-refractivity contribution >= 4 is 48.7 Å². The molecule has 2 aromatic rings. The minimum Gasteiger partial charge on any atom is -0.456 e. The van der Waals surface area contributed by atoms with Crippen LogP contribution < -0.4 is 10.2 Å². The third-order valence-corrected chi connectivity index (χ3v) is 7.23. The number of benzene rings is 2. The number of ether oxygens (including phenoxy) is 1. The molecule has 1 fully saturated rings. The minimum atomic E-state index is -4.27. The highest BCUT2D eigenvalue weighted by atomic mass is 79.9. The molecule has 148 valence electrons. The first-order valence-electron chi connectivity index (χ1n) is 7.99. The monoisotopic (exact) mass is 486 g/mol. The SMILES string of the molecule is O=C(NO)C1C(=O)SCCN1S(=O)(=O)c1ccccc1Oc1ccc(Br)cc1. The number of hydrogen-bond acceptors (Lipinski definition) is 7. The van der Waals surface area contributed by atoms with Crippen LogP contribution in [0.2, 0.25) is 0 Å². The van der Waals surface area contributed by atoms with Gasteiger partial charge in [-0.15, -0.1) is 0 Å². The number of carbonyl (C=O) groups excluding carboxylic acids is 2. The third kappa shape index (κ3) is 4.23. The lowest BCUT2D eigenvalue weighted by Crippen LogP contribution is -2.55. The molecule has 1 aliphatic heterocycles. The molecule has 0 bridgehead atoms. The summed E-state index contributed by atoms with van der Waals surface area (Å²) in [4.78, 5) is 23.9. The molecular formula is C17H15BrN2O6S2. The van der Waals surface area contributed by atoms with Crippen LogP contribution in [0.3, 0.4) is 0 Å². The summed E-state index contributed by atoms with van der Waals surface area (Å²) in [7, 11) is -4.27. The molecule has 0 radical (unpaired) electrons. The fraction of sp³-hybridized carbons (Fsp3) is 0.176. The minimum absolute atomic E-state index is 0.0543. The van der Waals surface area contributed by atoms with Crippen molar-refractivity contribution in [1.29, 1.82) is 0 Å². The Kier molecular flexibility index (Phi) is 6.40. The number of halogens is 1. The maximum atomic E-state index is 13.2. The Balaban J connectivity index is 2.00. The van der Waals surface area contributed by atoms with Gasteiger partial charge in [-0.2, -0.15) is 4.31 Å². The van der Waals surface area contributed by atoms with Crippen molar-refractivity contribution < 1.29 is 28.0 Å². The van der Waals surface area contributed by atoms with E-state index < -0.39 is 27.1 Å². The number of nitrogens with one attached hydrogen (secondary N) is 1. The van der Waals surface area contributed by atoms with Crippen LogP contribution in [0.1, 0.15) is 0 Å². The van der Waals surface area contributed by atoms with Crippen molar-refractivity contribution in [1.82, 2.24) is 9.79 Å². The normalized spacial score (nSPS) is 17.9. The molecule has 0 saturated carbocycles. The van der Waals surface area contributed by atoms with E-state index in [1.165, 1.54) is 23.7 Å². The van der Waals surface area contributed by atoms with Crippen LogP contribution in [-0.2, 0) is 19.6 Å². The van der Waals surface area contributed by atoms with Gasteiger partial charge in [-0.05, 0) is 36.4 Å². The number of hydroxylamine groups is 1. The van der Waals surface area contributed by atoms with Crippen LogP contribution in [0.4, 0.5) is 0 Å². The van der Waals surface area contributed by atoms with E-state index in [0.29, 0.717) is 5.75 Å². The number of hydrogen-bond donors (Lipinski definition) is 2. The second kappa shape index (κ2) is 8.62. The molecule has 0 aliphatic carbocycles. The molecule has 3 rings (SSSR count). The molecule has 0 aromatic heterocycles. The van der Waals surface area contributed by atoms with E-state index >= 15 is 0 Å². The molecule has 11 heteroatoms. The van der Waals surface area contributed by atoms with Crippen LogP contribution in [0.15, 0.2) is 57.9 Å². The summed E-state index contributed by atoms with van der Waals surface area (Å²) in [6.45, 7) is -0.0660. The molecule has 1 aliphatic rings. The van der Waals surface area contributed by atoms with Crippen LogP contribution in [0.5, 0.6) is 11.5 Å². The van der Waals surface area contributed by atoms with Crippen molar-refractivity contribution in [2.75, 3.05) is 12.3 Å². The summed E-state index contributed by atoms with van der Waals surface area (Å²) in [6.07, 6.45) is 0. The van der Waals surface area contributed by atoms with Gasteiger partial charge >= 0.3 is 0 Å². The fourth-order valence-corrected chi connectivity index (χ4v) is 5.62. The summed E-state index contributed by atoms with van der Waals surface area (Å²) in [6, 6.07) is 11.1. The van der Waals surface area contributed by atoms with Gasteiger partial charge in [0, 0.05) is 16.8 Å². The zero-order chi connectivity index (χ0) is 20.3. The van der Waals surface area contributed by atoms with Gasteiger partial charge in [-0.3, -0.25) is 14.8 Å². The number of amides is 1. The summed E-state index contributed by atoms with van der Waals surface area (Å²) in [5, 5.41) is 8.26. The highest BCUT2D eigenvalue weighted by Crippen LogP contribution is 2.33.